The molecule has 0 fully saturated rings. The molecular formula is C12H14F2O3. The van der Waals surface area contributed by atoms with Crippen LogP contribution < -0.4 is 4.74 Å². The maximum absolute atomic E-state index is 13.1. The minimum atomic E-state index is -1.10. The third kappa shape index (κ3) is 4.38. The Morgan fingerprint density at radius 1 is 1.35 bits per heavy atom. The number of carbonyl (C=O) groups is 1. The highest BCUT2D eigenvalue weighted by atomic mass is 19.2. The molecule has 0 atom stereocenters. The van der Waals surface area contributed by atoms with Gasteiger partial charge in [0.1, 0.15) is 0 Å². The molecule has 0 unspecified atom stereocenters. The van der Waals surface area contributed by atoms with Gasteiger partial charge in [-0.3, -0.25) is 0 Å². The van der Waals surface area contributed by atoms with E-state index in [1.807, 2.05) is 6.92 Å². The Hall–Kier alpha value is -1.65. The van der Waals surface area contributed by atoms with Crippen molar-refractivity contribution in [3.05, 3.63) is 29.8 Å². The molecule has 0 bridgehead atoms. The molecule has 5 heteroatoms. The number of benzene rings is 1. The zero-order valence-corrected chi connectivity index (χ0v) is 9.54. The lowest BCUT2D eigenvalue weighted by molar-refractivity contribution is -0.146. The third-order valence-electron chi connectivity index (χ3n) is 2.02. The lowest BCUT2D eigenvalue weighted by atomic mass is 10.3. The standard InChI is InChI=1S/C12H14F2O3/c1-2-3-7-16-11(15)8-17-10-6-4-5-9(13)12(10)14/h4-6H,2-3,7-8H2,1H3. The van der Waals surface area contributed by atoms with Crippen LogP contribution in [-0.4, -0.2) is 19.2 Å². The van der Waals surface area contributed by atoms with Crippen molar-refractivity contribution >= 4 is 5.97 Å². The topological polar surface area (TPSA) is 35.5 Å². The largest absolute Gasteiger partial charge is 0.479 e. The Morgan fingerprint density at radius 2 is 2.12 bits per heavy atom. The first-order chi connectivity index (χ1) is 8.15. The highest BCUT2D eigenvalue weighted by Crippen LogP contribution is 2.18. The summed E-state index contributed by atoms with van der Waals surface area (Å²) in [6.45, 7) is 1.85. The number of rotatable bonds is 6. The van der Waals surface area contributed by atoms with Crippen molar-refractivity contribution in [2.75, 3.05) is 13.2 Å². The fourth-order valence-corrected chi connectivity index (χ4v) is 1.10. The molecule has 0 heterocycles. The molecule has 0 aliphatic heterocycles. The second kappa shape index (κ2) is 6.83. The molecule has 17 heavy (non-hydrogen) atoms. The molecule has 1 rings (SSSR count). The van der Waals surface area contributed by atoms with Crippen molar-refractivity contribution in [2.45, 2.75) is 19.8 Å². The van der Waals surface area contributed by atoms with E-state index in [-0.39, 0.29) is 5.75 Å². The summed E-state index contributed by atoms with van der Waals surface area (Å²) in [5.74, 6) is -3.00. The number of ether oxygens (including phenoxy) is 2. The highest BCUT2D eigenvalue weighted by molar-refractivity contribution is 5.71. The Balaban J connectivity index is 2.39. The minimum absolute atomic E-state index is 0.294. The molecule has 1 aromatic rings. The van der Waals surface area contributed by atoms with Crippen LogP contribution in [0.3, 0.4) is 0 Å². The first-order valence-corrected chi connectivity index (χ1v) is 5.37. The van der Waals surface area contributed by atoms with Crippen LogP contribution >= 0.6 is 0 Å². The average Bonchev–Trinajstić information content (AvgIpc) is 2.31. The van der Waals surface area contributed by atoms with Crippen molar-refractivity contribution in [3.8, 4) is 5.75 Å². The Kier molecular flexibility index (Phi) is 5.39. The normalized spacial score (nSPS) is 10.1. The van der Waals surface area contributed by atoms with Gasteiger partial charge in [-0.1, -0.05) is 19.4 Å². The van der Waals surface area contributed by atoms with Crippen LogP contribution in [0.1, 0.15) is 19.8 Å². The molecule has 0 N–H and O–H groups in total. The van der Waals surface area contributed by atoms with Crippen molar-refractivity contribution in [1.29, 1.82) is 0 Å². The summed E-state index contributed by atoms with van der Waals surface area (Å²) in [5, 5.41) is 0. The number of hydrogen-bond donors (Lipinski definition) is 0. The summed E-state index contributed by atoms with van der Waals surface area (Å²) < 4.78 is 35.5. The molecule has 3 nitrogen and oxygen atoms in total. The van der Waals surface area contributed by atoms with Crippen molar-refractivity contribution < 1.29 is 23.0 Å². The first kappa shape index (κ1) is 13.4. The van der Waals surface area contributed by atoms with Gasteiger partial charge in [-0.25, -0.2) is 9.18 Å². The Morgan fingerprint density at radius 3 is 2.82 bits per heavy atom. The van der Waals surface area contributed by atoms with E-state index in [0.29, 0.717) is 6.61 Å². The number of hydrogen-bond acceptors (Lipinski definition) is 3. The van der Waals surface area contributed by atoms with E-state index >= 15 is 0 Å². The summed E-state index contributed by atoms with van der Waals surface area (Å²) in [5.41, 5.74) is 0. The summed E-state index contributed by atoms with van der Waals surface area (Å²) in [4.78, 5) is 11.1. The van der Waals surface area contributed by atoms with E-state index in [1.165, 1.54) is 12.1 Å². The summed E-state index contributed by atoms with van der Waals surface area (Å²) in [7, 11) is 0. The maximum atomic E-state index is 13.1. The van der Waals surface area contributed by atoms with Crippen molar-refractivity contribution in [1.82, 2.24) is 0 Å². The smallest absolute Gasteiger partial charge is 0.344 e. The average molecular weight is 244 g/mol. The molecule has 0 saturated carbocycles. The first-order valence-electron chi connectivity index (χ1n) is 5.37. The highest BCUT2D eigenvalue weighted by Gasteiger charge is 2.10. The lowest BCUT2D eigenvalue weighted by Crippen LogP contribution is -2.16. The summed E-state index contributed by atoms with van der Waals surface area (Å²) in [6, 6.07) is 3.52. The third-order valence-corrected chi connectivity index (χ3v) is 2.02. The second-order valence-corrected chi connectivity index (χ2v) is 3.41. The van der Waals surface area contributed by atoms with Crippen LogP contribution in [0.25, 0.3) is 0 Å². The molecule has 94 valence electrons. The minimum Gasteiger partial charge on any atom is -0.479 e. The van der Waals surface area contributed by atoms with Crippen molar-refractivity contribution in [2.24, 2.45) is 0 Å². The fourth-order valence-electron chi connectivity index (χ4n) is 1.10. The fraction of sp³-hybridized carbons (Fsp3) is 0.417. The van der Waals surface area contributed by atoms with E-state index in [2.05, 4.69) is 0 Å². The van der Waals surface area contributed by atoms with Crippen LogP contribution in [0.4, 0.5) is 8.78 Å². The van der Waals surface area contributed by atoms with Gasteiger partial charge >= 0.3 is 5.97 Å². The second-order valence-electron chi connectivity index (χ2n) is 3.41. The van der Waals surface area contributed by atoms with Gasteiger partial charge in [0.2, 0.25) is 5.82 Å². The van der Waals surface area contributed by atoms with Crippen LogP contribution in [0.2, 0.25) is 0 Å². The van der Waals surface area contributed by atoms with Gasteiger partial charge in [0.05, 0.1) is 6.61 Å². The quantitative estimate of drug-likeness (QED) is 0.570. The van der Waals surface area contributed by atoms with E-state index in [9.17, 15) is 13.6 Å². The van der Waals surface area contributed by atoms with E-state index in [0.717, 1.165) is 18.9 Å². The molecule has 0 saturated heterocycles. The number of unbranched alkanes of at least 4 members (excludes halogenated alkanes) is 1. The van der Waals surface area contributed by atoms with Gasteiger partial charge in [0.25, 0.3) is 0 Å². The zero-order chi connectivity index (χ0) is 12.7. The molecule has 0 radical (unpaired) electrons. The van der Waals surface area contributed by atoms with Gasteiger partial charge in [0, 0.05) is 0 Å². The van der Waals surface area contributed by atoms with Crippen LogP contribution in [0.5, 0.6) is 5.75 Å². The SMILES string of the molecule is CCCCOC(=O)COc1cccc(F)c1F. The molecule has 0 aliphatic carbocycles. The monoisotopic (exact) mass is 244 g/mol. The van der Waals surface area contributed by atoms with Crippen molar-refractivity contribution in [3.63, 3.8) is 0 Å². The Labute approximate surface area is 98.3 Å². The molecule has 0 aromatic heterocycles. The predicted molar refractivity (Wildman–Crippen MR) is 57.7 cm³/mol. The van der Waals surface area contributed by atoms with E-state index in [4.69, 9.17) is 9.47 Å². The van der Waals surface area contributed by atoms with Gasteiger partial charge in [0.15, 0.2) is 18.2 Å². The molecule has 0 aliphatic rings. The Bertz CT molecular complexity index is 380. The van der Waals surface area contributed by atoms with Gasteiger partial charge in [-0.05, 0) is 18.6 Å². The van der Waals surface area contributed by atoms with Gasteiger partial charge < -0.3 is 9.47 Å². The summed E-state index contributed by atoms with van der Waals surface area (Å²) >= 11 is 0. The zero-order valence-electron chi connectivity index (χ0n) is 9.54. The van der Waals surface area contributed by atoms with Gasteiger partial charge in [-0.2, -0.15) is 4.39 Å². The lowest BCUT2D eigenvalue weighted by Gasteiger charge is -2.07. The van der Waals surface area contributed by atoms with E-state index < -0.39 is 24.2 Å². The van der Waals surface area contributed by atoms with Crippen LogP contribution in [0.15, 0.2) is 18.2 Å². The van der Waals surface area contributed by atoms with Crippen LogP contribution in [0, 0.1) is 11.6 Å². The molecule has 1 aromatic carbocycles. The molecular weight excluding hydrogens is 230 g/mol. The molecule has 0 spiro atoms. The number of esters is 1. The molecule has 0 amide bonds. The number of halogens is 2. The predicted octanol–water partition coefficient (Wildman–Crippen LogP) is 2.69. The van der Waals surface area contributed by atoms with Gasteiger partial charge in [-0.15, -0.1) is 0 Å². The van der Waals surface area contributed by atoms with E-state index in [1.54, 1.807) is 0 Å². The number of carbonyl (C=O) groups excluding carboxylic acids is 1. The summed E-state index contributed by atoms with van der Waals surface area (Å²) in [6.07, 6.45) is 1.67. The van der Waals surface area contributed by atoms with Crippen LogP contribution in [-0.2, 0) is 9.53 Å². The maximum Gasteiger partial charge on any atom is 0.344 e.